The SMILES string of the molecule is O=C(c1ccco1)c1cnc(Cc2ccccc2)nc1C(=O)O. The molecule has 1 N–H and O–H groups in total. The average molecular weight is 308 g/mol. The van der Waals surface area contributed by atoms with Crippen molar-refractivity contribution in [2.75, 3.05) is 0 Å². The van der Waals surface area contributed by atoms with Crippen LogP contribution in [0.2, 0.25) is 0 Å². The number of benzene rings is 1. The molecule has 3 rings (SSSR count). The van der Waals surface area contributed by atoms with Gasteiger partial charge in [-0.15, -0.1) is 0 Å². The van der Waals surface area contributed by atoms with Crippen molar-refractivity contribution in [3.05, 3.63) is 83.3 Å². The van der Waals surface area contributed by atoms with Crippen LogP contribution in [0.15, 0.2) is 59.3 Å². The first-order valence-corrected chi connectivity index (χ1v) is 6.86. The zero-order valence-corrected chi connectivity index (χ0v) is 12.0. The second kappa shape index (κ2) is 6.23. The van der Waals surface area contributed by atoms with Gasteiger partial charge < -0.3 is 9.52 Å². The number of ketones is 1. The van der Waals surface area contributed by atoms with E-state index in [0.29, 0.717) is 12.2 Å². The fourth-order valence-corrected chi connectivity index (χ4v) is 2.15. The summed E-state index contributed by atoms with van der Waals surface area (Å²) in [5.41, 5.74) is 0.533. The first-order chi connectivity index (χ1) is 11.1. The minimum Gasteiger partial charge on any atom is -0.476 e. The van der Waals surface area contributed by atoms with Crippen LogP contribution >= 0.6 is 0 Å². The second-order valence-corrected chi connectivity index (χ2v) is 4.82. The van der Waals surface area contributed by atoms with E-state index >= 15 is 0 Å². The van der Waals surface area contributed by atoms with E-state index in [2.05, 4.69) is 9.97 Å². The van der Waals surface area contributed by atoms with Gasteiger partial charge in [-0.1, -0.05) is 30.3 Å². The van der Waals surface area contributed by atoms with Gasteiger partial charge in [-0.2, -0.15) is 0 Å². The molecule has 1 aromatic carbocycles. The smallest absolute Gasteiger partial charge is 0.355 e. The Labute approximate surface area is 131 Å². The van der Waals surface area contributed by atoms with E-state index in [4.69, 9.17) is 4.42 Å². The topological polar surface area (TPSA) is 93.3 Å². The van der Waals surface area contributed by atoms with Gasteiger partial charge in [-0.05, 0) is 17.7 Å². The van der Waals surface area contributed by atoms with Gasteiger partial charge >= 0.3 is 5.97 Å². The van der Waals surface area contributed by atoms with Crippen molar-refractivity contribution in [3.63, 3.8) is 0 Å². The van der Waals surface area contributed by atoms with Crippen molar-refractivity contribution in [3.8, 4) is 0 Å². The van der Waals surface area contributed by atoms with Gasteiger partial charge in [0.2, 0.25) is 5.78 Å². The normalized spacial score (nSPS) is 10.4. The van der Waals surface area contributed by atoms with Crippen molar-refractivity contribution in [2.24, 2.45) is 0 Å². The Morgan fingerprint density at radius 2 is 1.87 bits per heavy atom. The molecule has 0 aliphatic heterocycles. The Morgan fingerprint density at radius 1 is 1.09 bits per heavy atom. The lowest BCUT2D eigenvalue weighted by molar-refractivity contribution is 0.0685. The third kappa shape index (κ3) is 3.16. The molecular weight excluding hydrogens is 296 g/mol. The summed E-state index contributed by atoms with van der Waals surface area (Å²) in [5.74, 6) is -1.45. The van der Waals surface area contributed by atoms with Gasteiger partial charge in [0.15, 0.2) is 11.5 Å². The molecule has 23 heavy (non-hydrogen) atoms. The minimum absolute atomic E-state index is 0.0481. The van der Waals surface area contributed by atoms with E-state index in [1.165, 1.54) is 18.5 Å². The Bertz CT molecular complexity index is 842. The van der Waals surface area contributed by atoms with E-state index in [1.54, 1.807) is 6.07 Å². The Kier molecular flexibility index (Phi) is 3.97. The molecule has 0 unspecified atom stereocenters. The molecule has 3 aromatic rings. The van der Waals surface area contributed by atoms with E-state index in [9.17, 15) is 14.7 Å². The number of furan rings is 1. The van der Waals surface area contributed by atoms with Gasteiger partial charge in [0.25, 0.3) is 0 Å². The van der Waals surface area contributed by atoms with Crippen LogP contribution in [0.3, 0.4) is 0 Å². The number of rotatable bonds is 5. The van der Waals surface area contributed by atoms with Crippen molar-refractivity contribution in [1.82, 2.24) is 9.97 Å². The van der Waals surface area contributed by atoms with Crippen molar-refractivity contribution in [1.29, 1.82) is 0 Å². The fraction of sp³-hybridized carbons (Fsp3) is 0.0588. The summed E-state index contributed by atoms with van der Waals surface area (Å²) in [6, 6.07) is 12.4. The number of aromatic nitrogens is 2. The van der Waals surface area contributed by atoms with E-state index in [0.717, 1.165) is 5.56 Å². The molecule has 0 radical (unpaired) electrons. The number of hydrogen-bond donors (Lipinski definition) is 1. The van der Waals surface area contributed by atoms with Gasteiger partial charge in [0.05, 0.1) is 11.8 Å². The third-order valence-electron chi connectivity index (χ3n) is 3.24. The van der Waals surface area contributed by atoms with E-state index in [-0.39, 0.29) is 17.0 Å². The summed E-state index contributed by atoms with van der Waals surface area (Å²) >= 11 is 0. The van der Waals surface area contributed by atoms with Crippen molar-refractivity contribution < 1.29 is 19.1 Å². The van der Waals surface area contributed by atoms with Crippen LogP contribution in [0, 0.1) is 0 Å². The summed E-state index contributed by atoms with van der Waals surface area (Å²) in [5, 5.41) is 9.33. The first-order valence-electron chi connectivity index (χ1n) is 6.86. The van der Waals surface area contributed by atoms with Crippen LogP contribution in [0.25, 0.3) is 0 Å². The van der Waals surface area contributed by atoms with Crippen LogP contribution in [-0.4, -0.2) is 26.8 Å². The maximum atomic E-state index is 12.3. The van der Waals surface area contributed by atoms with Crippen LogP contribution in [0.5, 0.6) is 0 Å². The standard InChI is InChI=1S/C17H12N2O4/c20-16(13-7-4-8-23-13)12-10-18-14(19-15(12)17(21)22)9-11-5-2-1-3-6-11/h1-8,10H,9H2,(H,21,22). The Balaban J connectivity index is 1.96. The highest BCUT2D eigenvalue weighted by Gasteiger charge is 2.22. The molecule has 0 spiro atoms. The number of carbonyl (C=O) groups excluding carboxylic acids is 1. The lowest BCUT2D eigenvalue weighted by Crippen LogP contribution is -2.14. The second-order valence-electron chi connectivity index (χ2n) is 4.82. The molecule has 0 saturated heterocycles. The quantitative estimate of drug-likeness (QED) is 0.728. The number of nitrogens with zero attached hydrogens (tertiary/aromatic N) is 2. The number of aromatic carboxylic acids is 1. The van der Waals surface area contributed by atoms with Crippen molar-refractivity contribution >= 4 is 11.8 Å². The lowest BCUT2D eigenvalue weighted by Gasteiger charge is -2.06. The minimum atomic E-state index is -1.28. The molecule has 0 saturated carbocycles. The molecule has 114 valence electrons. The Morgan fingerprint density at radius 3 is 2.52 bits per heavy atom. The molecular formula is C17H12N2O4. The molecule has 6 heteroatoms. The number of carboxylic acid groups (broad SMARTS) is 1. The summed E-state index contributed by atoms with van der Waals surface area (Å²) in [7, 11) is 0. The molecule has 0 fully saturated rings. The maximum absolute atomic E-state index is 12.3. The molecule has 0 bridgehead atoms. The summed E-state index contributed by atoms with van der Waals surface area (Å²) in [6.45, 7) is 0. The number of carbonyl (C=O) groups is 2. The zero-order chi connectivity index (χ0) is 16.2. The average Bonchev–Trinajstić information content (AvgIpc) is 3.09. The van der Waals surface area contributed by atoms with E-state index in [1.807, 2.05) is 30.3 Å². The summed E-state index contributed by atoms with van der Waals surface area (Å²) in [4.78, 5) is 31.8. The molecule has 0 aliphatic rings. The maximum Gasteiger partial charge on any atom is 0.355 e. The molecule has 2 aromatic heterocycles. The summed E-state index contributed by atoms with van der Waals surface area (Å²) < 4.78 is 5.01. The van der Waals surface area contributed by atoms with Gasteiger partial charge in [-0.3, -0.25) is 4.79 Å². The van der Waals surface area contributed by atoms with Gasteiger partial charge in [0.1, 0.15) is 5.82 Å². The highest BCUT2D eigenvalue weighted by molar-refractivity contribution is 6.11. The molecule has 2 heterocycles. The lowest BCUT2D eigenvalue weighted by atomic mass is 10.1. The fourth-order valence-electron chi connectivity index (χ4n) is 2.15. The first kappa shape index (κ1) is 14.6. The highest BCUT2D eigenvalue weighted by atomic mass is 16.4. The van der Waals surface area contributed by atoms with Crippen molar-refractivity contribution in [2.45, 2.75) is 6.42 Å². The van der Waals surface area contributed by atoms with Crippen LogP contribution < -0.4 is 0 Å². The highest BCUT2D eigenvalue weighted by Crippen LogP contribution is 2.15. The predicted molar refractivity (Wildman–Crippen MR) is 80.4 cm³/mol. The van der Waals surface area contributed by atoms with E-state index < -0.39 is 11.8 Å². The zero-order valence-electron chi connectivity index (χ0n) is 12.0. The van der Waals surface area contributed by atoms with Gasteiger partial charge in [-0.25, -0.2) is 14.8 Å². The van der Waals surface area contributed by atoms with Crippen LogP contribution in [0.1, 0.15) is 38.0 Å². The molecule has 0 amide bonds. The third-order valence-corrected chi connectivity index (χ3v) is 3.24. The monoisotopic (exact) mass is 308 g/mol. The van der Waals surface area contributed by atoms with Crippen LogP contribution in [0.4, 0.5) is 0 Å². The number of carboxylic acids is 1. The van der Waals surface area contributed by atoms with Gasteiger partial charge in [0, 0.05) is 12.6 Å². The molecule has 0 aliphatic carbocycles. The molecule has 0 atom stereocenters. The molecule has 6 nitrogen and oxygen atoms in total. The van der Waals surface area contributed by atoms with Crippen LogP contribution in [-0.2, 0) is 6.42 Å². The largest absolute Gasteiger partial charge is 0.476 e. The Hall–Kier alpha value is -3.28. The number of hydrogen-bond acceptors (Lipinski definition) is 5. The summed E-state index contributed by atoms with van der Waals surface area (Å²) in [6.07, 6.45) is 2.97. The predicted octanol–water partition coefficient (Wildman–Crippen LogP) is 2.59.